The molecular formula is C28H36N4O3. The van der Waals surface area contributed by atoms with Crippen molar-refractivity contribution >= 4 is 17.4 Å². The predicted molar refractivity (Wildman–Crippen MR) is 136 cm³/mol. The molecule has 5 aliphatic rings. The Balaban J connectivity index is 1.12. The van der Waals surface area contributed by atoms with Crippen molar-refractivity contribution in [3.8, 4) is 5.75 Å². The van der Waals surface area contributed by atoms with Gasteiger partial charge in [-0.2, -0.15) is 0 Å². The van der Waals surface area contributed by atoms with E-state index in [-0.39, 0.29) is 18.0 Å². The van der Waals surface area contributed by atoms with E-state index in [1.54, 1.807) is 7.11 Å². The number of amides is 1. The number of pyridine rings is 1. The lowest BCUT2D eigenvalue weighted by Gasteiger charge is -2.58. The third-order valence-electron chi connectivity index (χ3n) is 8.86. The van der Waals surface area contributed by atoms with Crippen molar-refractivity contribution in [2.24, 2.45) is 17.8 Å². The molecule has 4 bridgehead atoms. The summed E-state index contributed by atoms with van der Waals surface area (Å²) in [4.78, 5) is 22.7. The van der Waals surface area contributed by atoms with Crippen LogP contribution in [0.25, 0.3) is 0 Å². The van der Waals surface area contributed by atoms with Crippen LogP contribution in [-0.4, -0.2) is 60.4 Å². The van der Waals surface area contributed by atoms with Crippen LogP contribution in [0.5, 0.6) is 5.75 Å². The fourth-order valence-electron chi connectivity index (χ4n) is 7.48. The Bertz CT molecular complexity index is 1070. The molecule has 7 nitrogen and oxygen atoms in total. The number of aliphatic hydroxyl groups is 1. The molecule has 1 saturated heterocycles. The number of anilines is 2. The smallest absolute Gasteiger partial charge is 0.270 e. The summed E-state index contributed by atoms with van der Waals surface area (Å²) in [6, 6.07) is 14.4. The molecule has 7 heteroatoms. The SMILES string of the molecule is COc1ccc(N2CCN(c3cccc(C(=O)N[C@H]4C5CC6CC4C[C@](O)(C6)C5)n3)[C@H](C)C2)cc1. The zero-order valence-electron chi connectivity index (χ0n) is 20.7. The van der Waals surface area contributed by atoms with E-state index >= 15 is 0 Å². The lowest BCUT2D eigenvalue weighted by Crippen LogP contribution is -2.61. The van der Waals surface area contributed by atoms with Gasteiger partial charge in [0.1, 0.15) is 17.3 Å². The molecule has 1 aromatic carbocycles. The number of rotatable bonds is 5. The maximum atomic E-state index is 13.2. The van der Waals surface area contributed by atoms with Crippen LogP contribution >= 0.6 is 0 Å². The Kier molecular flexibility index (Phi) is 5.63. The van der Waals surface area contributed by atoms with E-state index in [1.165, 1.54) is 5.69 Å². The van der Waals surface area contributed by atoms with Gasteiger partial charge in [-0.25, -0.2) is 4.98 Å². The van der Waals surface area contributed by atoms with Crippen LogP contribution in [0.4, 0.5) is 11.5 Å². The third kappa shape index (κ3) is 4.24. The van der Waals surface area contributed by atoms with Crippen molar-refractivity contribution in [3.05, 3.63) is 48.2 Å². The zero-order valence-corrected chi connectivity index (χ0v) is 20.7. The summed E-state index contributed by atoms with van der Waals surface area (Å²) in [5.41, 5.74) is 1.19. The fraction of sp³-hybridized carbons (Fsp3) is 0.571. The first-order valence-corrected chi connectivity index (χ1v) is 13.1. The molecular weight excluding hydrogens is 440 g/mol. The molecule has 2 heterocycles. The third-order valence-corrected chi connectivity index (χ3v) is 8.86. The summed E-state index contributed by atoms with van der Waals surface area (Å²) in [7, 11) is 1.68. The van der Waals surface area contributed by atoms with Crippen molar-refractivity contribution < 1.29 is 14.6 Å². The van der Waals surface area contributed by atoms with Crippen LogP contribution < -0.4 is 19.9 Å². The standard InChI is InChI=1S/C28H36N4O3/c1-18-17-31(22-6-8-23(35-2)9-7-22)10-11-32(18)25-5-3-4-24(29-25)27(33)30-26-20-12-19-13-21(26)16-28(34,14-19)15-20/h3-9,18-21,26,34H,10-17H2,1-2H3,(H,30,33)/t18-,19?,20?,21?,26-,28-/m1/s1. The topological polar surface area (TPSA) is 77.9 Å². The molecule has 2 unspecified atom stereocenters. The van der Waals surface area contributed by atoms with Crippen LogP contribution in [0.3, 0.4) is 0 Å². The molecule has 4 aliphatic carbocycles. The highest BCUT2D eigenvalue weighted by Crippen LogP contribution is 2.55. The molecule has 5 fully saturated rings. The molecule has 35 heavy (non-hydrogen) atoms. The van der Waals surface area contributed by atoms with Gasteiger partial charge in [0, 0.05) is 37.4 Å². The Morgan fingerprint density at radius 3 is 2.49 bits per heavy atom. The molecule has 3 atom stereocenters. The van der Waals surface area contributed by atoms with Crippen molar-refractivity contribution in [2.75, 3.05) is 36.5 Å². The summed E-state index contributed by atoms with van der Waals surface area (Å²) in [5.74, 6) is 3.06. The number of aromatic nitrogens is 1. The second kappa shape index (κ2) is 8.70. The minimum absolute atomic E-state index is 0.0826. The summed E-state index contributed by atoms with van der Waals surface area (Å²) < 4.78 is 5.28. The van der Waals surface area contributed by atoms with E-state index in [4.69, 9.17) is 9.72 Å². The first-order chi connectivity index (χ1) is 16.9. The number of nitrogens with one attached hydrogen (secondary N) is 1. The number of hydrogen-bond donors (Lipinski definition) is 2. The van der Waals surface area contributed by atoms with E-state index < -0.39 is 5.60 Å². The fourth-order valence-corrected chi connectivity index (χ4v) is 7.48. The summed E-state index contributed by atoms with van der Waals surface area (Å²) in [6.45, 7) is 4.84. The largest absolute Gasteiger partial charge is 0.497 e. The molecule has 186 valence electrons. The molecule has 0 radical (unpaired) electrons. The maximum Gasteiger partial charge on any atom is 0.270 e. The van der Waals surface area contributed by atoms with E-state index in [1.807, 2.05) is 30.3 Å². The van der Waals surface area contributed by atoms with Crippen LogP contribution in [0.1, 0.15) is 49.5 Å². The van der Waals surface area contributed by atoms with Crippen molar-refractivity contribution in [2.45, 2.75) is 56.7 Å². The molecule has 2 N–H and O–H groups in total. The average molecular weight is 477 g/mol. The van der Waals surface area contributed by atoms with Gasteiger partial charge in [0.2, 0.25) is 0 Å². The van der Waals surface area contributed by atoms with Gasteiger partial charge >= 0.3 is 0 Å². The summed E-state index contributed by atoms with van der Waals surface area (Å²) in [6.07, 6.45) is 4.87. The highest BCUT2D eigenvalue weighted by molar-refractivity contribution is 5.93. The first-order valence-electron chi connectivity index (χ1n) is 13.1. The lowest BCUT2D eigenvalue weighted by molar-refractivity contribution is -0.136. The summed E-state index contributed by atoms with van der Waals surface area (Å²) in [5, 5.41) is 14.2. The monoisotopic (exact) mass is 476 g/mol. The van der Waals surface area contributed by atoms with E-state index in [2.05, 4.69) is 34.2 Å². The molecule has 4 saturated carbocycles. The van der Waals surface area contributed by atoms with Gasteiger partial charge in [0.25, 0.3) is 5.91 Å². The Labute approximate surface area is 207 Å². The second-order valence-corrected chi connectivity index (χ2v) is 11.3. The van der Waals surface area contributed by atoms with Gasteiger partial charge in [0.15, 0.2) is 0 Å². The van der Waals surface area contributed by atoms with Gasteiger partial charge in [0.05, 0.1) is 12.7 Å². The molecule has 1 aromatic heterocycles. The van der Waals surface area contributed by atoms with Gasteiger partial charge in [-0.05, 0) is 93.2 Å². The minimum atomic E-state index is -0.486. The normalized spacial score (nSPS) is 33.6. The number of benzene rings is 1. The van der Waals surface area contributed by atoms with Gasteiger partial charge in [-0.1, -0.05) is 6.07 Å². The Morgan fingerprint density at radius 2 is 1.83 bits per heavy atom. The number of carbonyl (C=O) groups is 1. The number of nitrogens with zero attached hydrogens (tertiary/aromatic N) is 3. The highest BCUT2D eigenvalue weighted by atomic mass is 16.5. The molecule has 1 aliphatic heterocycles. The number of hydrogen-bond acceptors (Lipinski definition) is 6. The molecule has 2 aromatic rings. The van der Waals surface area contributed by atoms with Gasteiger partial charge in [-0.3, -0.25) is 4.79 Å². The van der Waals surface area contributed by atoms with Crippen molar-refractivity contribution in [1.29, 1.82) is 0 Å². The van der Waals surface area contributed by atoms with E-state index in [0.717, 1.165) is 63.3 Å². The van der Waals surface area contributed by atoms with Crippen LogP contribution in [0.15, 0.2) is 42.5 Å². The minimum Gasteiger partial charge on any atom is -0.497 e. The summed E-state index contributed by atoms with van der Waals surface area (Å²) >= 11 is 0. The van der Waals surface area contributed by atoms with Crippen molar-refractivity contribution in [3.63, 3.8) is 0 Å². The van der Waals surface area contributed by atoms with Crippen LogP contribution in [0.2, 0.25) is 0 Å². The Morgan fingerprint density at radius 1 is 1.09 bits per heavy atom. The number of piperazine rings is 1. The first kappa shape index (κ1) is 22.7. The predicted octanol–water partition coefficient (Wildman–Crippen LogP) is 3.47. The van der Waals surface area contributed by atoms with Gasteiger partial charge in [-0.15, -0.1) is 0 Å². The van der Waals surface area contributed by atoms with Crippen LogP contribution in [0, 0.1) is 17.8 Å². The Hall–Kier alpha value is -2.80. The quantitative estimate of drug-likeness (QED) is 0.688. The molecule has 7 rings (SSSR count). The van der Waals surface area contributed by atoms with Crippen molar-refractivity contribution in [1.82, 2.24) is 10.3 Å². The molecule has 0 spiro atoms. The van der Waals surface area contributed by atoms with Crippen LogP contribution in [-0.2, 0) is 0 Å². The van der Waals surface area contributed by atoms with E-state index in [0.29, 0.717) is 23.4 Å². The van der Waals surface area contributed by atoms with Gasteiger partial charge < -0.3 is 25.0 Å². The number of ether oxygens (including phenoxy) is 1. The second-order valence-electron chi connectivity index (χ2n) is 11.3. The molecule has 1 amide bonds. The lowest BCUT2D eigenvalue weighted by atomic mass is 9.52. The maximum absolute atomic E-state index is 13.2. The average Bonchev–Trinajstić information content (AvgIpc) is 2.85. The number of methoxy groups -OCH3 is 1. The van der Waals surface area contributed by atoms with E-state index in [9.17, 15) is 9.90 Å². The zero-order chi connectivity index (χ0) is 24.2. The highest BCUT2D eigenvalue weighted by Gasteiger charge is 2.55. The number of carbonyl (C=O) groups excluding carboxylic acids is 1.